The largest absolute Gasteiger partial charge is 0.351 e. The van der Waals surface area contributed by atoms with Crippen LogP contribution in [0.15, 0.2) is 52.9 Å². The minimum Gasteiger partial charge on any atom is -0.351 e. The lowest BCUT2D eigenvalue weighted by Gasteiger charge is -2.07. The molecule has 28 heavy (non-hydrogen) atoms. The molecular formula is C20H21ClN4OS2. The first kappa shape index (κ1) is 20.6. The van der Waals surface area contributed by atoms with E-state index >= 15 is 0 Å². The average molecular weight is 433 g/mol. The maximum absolute atomic E-state index is 12.1. The molecule has 5 nitrogen and oxygen atoms in total. The summed E-state index contributed by atoms with van der Waals surface area (Å²) in [5.74, 6) is 0.712. The molecule has 0 radical (unpaired) electrons. The summed E-state index contributed by atoms with van der Waals surface area (Å²) >= 11 is 8.88. The van der Waals surface area contributed by atoms with Gasteiger partial charge in [0, 0.05) is 17.3 Å². The second-order valence-corrected chi connectivity index (χ2v) is 9.04. The number of hydrogen-bond donors (Lipinski definition) is 2. The van der Waals surface area contributed by atoms with Crippen LogP contribution in [-0.2, 0) is 11.3 Å². The number of thioether (sulfide) groups is 1. The van der Waals surface area contributed by atoms with Gasteiger partial charge in [0.1, 0.15) is 0 Å². The number of amides is 1. The van der Waals surface area contributed by atoms with Gasteiger partial charge in [0.2, 0.25) is 11.0 Å². The summed E-state index contributed by atoms with van der Waals surface area (Å²) in [4.78, 5) is 12.1. The first-order valence-electron chi connectivity index (χ1n) is 8.84. The lowest BCUT2D eigenvalue weighted by atomic mass is 10.0. The highest BCUT2D eigenvalue weighted by Gasteiger charge is 2.09. The standard InChI is InChI=1S/C20H21ClN4OS2/c1-13(2)14-7-9-16(10-8-14)23-19-24-25-20(28-19)27-12-18(26)22-11-15-5-3-4-6-17(15)21/h3-10,13H,11-12H2,1-2H3,(H,22,26)(H,23,24). The zero-order valence-electron chi connectivity index (χ0n) is 15.6. The molecule has 0 bridgehead atoms. The first-order valence-corrected chi connectivity index (χ1v) is 11.0. The maximum Gasteiger partial charge on any atom is 0.230 e. The Morgan fingerprint density at radius 3 is 2.61 bits per heavy atom. The molecule has 0 saturated carbocycles. The molecule has 2 N–H and O–H groups in total. The van der Waals surface area contributed by atoms with E-state index in [0.717, 1.165) is 15.6 Å². The van der Waals surface area contributed by atoms with Crippen molar-refractivity contribution in [1.82, 2.24) is 15.5 Å². The molecule has 0 aliphatic carbocycles. The number of nitrogens with one attached hydrogen (secondary N) is 2. The maximum atomic E-state index is 12.1. The van der Waals surface area contributed by atoms with E-state index in [1.54, 1.807) is 0 Å². The van der Waals surface area contributed by atoms with Gasteiger partial charge in [-0.1, -0.05) is 78.9 Å². The molecule has 3 aromatic rings. The van der Waals surface area contributed by atoms with Crippen LogP contribution in [-0.4, -0.2) is 21.9 Å². The zero-order chi connectivity index (χ0) is 19.9. The number of anilines is 2. The Balaban J connectivity index is 1.46. The third kappa shape index (κ3) is 5.95. The van der Waals surface area contributed by atoms with Gasteiger partial charge in [0.15, 0.2) is 4.34 Å². The first-order chi connectivity index (χ1) is 13.5. The van der Waals surface area contributed by atoms with E-state index in [1.165, 1.54) is 28.7 Å². The van der Waals surface area contributed by atoms with Gasteiger partial charge < -0.3 is 10.6 Å². The predicted octanol–water partition coefficient (Wildman–Crippen LogP) is 5.47. The fraction of sp³-hybridized carbons (Fsp3) is 0.250. The molecule has 1 aromatic heterocycles. The van der Waals surface area contributed by atoms with Crippen molar-refractivity contribution in [3.05, 3.63) is 64.7 Å². The Labute approximate surface area is 177 Å². The van der Waals surface area contributed by atoms with Crippen LogP contribution in [0.3, 0.4) is 0 Å². The van der Waals surface area contributed by atoms with Gasteiger partial charge in [0.05, 0.1) is 5.75 Å². The van der Waals surface area contributed by atoms with Gasteiger partial charge >= 0.3 is 0 Å². The molecule has 0 aliphatic heterocycles. The topological polar surface area (TPSA) is 66.9 Å². The zero-order valence-corrected chi connectivity index (χ0v) is 18.0. The third-order valence-electron chi connectivity index (χ3n) is 4.00. The number of carbonyl (C=O) groups excluding carboxylic acids is 1. The van der Waals surface area contributed by atoms with Crippen molar-refractivity contribution in [3.8, 4) is 0 Å². The fourth-order valence-electron chi connectivity index (χ4n) is 2.41. The molecule has 146 valence electrons. The van der Waals surface area contributed by atoms with Crippen molar-refractivity contribution < 1.29 is 4.79 Å². The van der Waals surface area contributed by atoms with E-state index in [4.69, 9.17) is 11.6 Å². The van der Waals surface area contributed by atoms with E-state index < -0.39 is 0 Å². The molecule has 0 atom stereocenters. The molecule has 1 heterocycles. The van der Waals surface area contributed by atoms with Crippen LogP contribution in [0.2, 0.25) is 5.02 Å². The molecule has 0 spiro atoms. The molecular weight excluding hydrogens is 412 g/mol. The average Bonchev–Trinajstić information content (AvgIpc) is 3.13. The number of aromatic nitrogens is 2. The minimum atomic E-state index is -0.0705. The number of hydrogen-bond acceptors (Lipinski definition) is 6. The molecule has 0 unspecified atom stereocenters. The van der Waals surface area contributed by atoms with Gasteiger partial charge in [-0.05, 0) is 35.2 Å². The van der Waals surface area contributed by atoms with Crippen LogP contribution >= 0.6 is 34.7 Å². The van der Waals surface area contributed by atoms with E-state index in [9.17, 15) is 4.79 Å². The summed E-state index contributed by atoms with van der Waals surface area (Å²) in [7, 11) is 0. The lowest BCUT2D eigenvalue weighted by molar-refractivity contribution is -0.118. The second kappa shape index (κ2) is 9.91. The summed E-state index contributed by atoms with van der Waals surface area (Å²) in [6.07, 6.45) is 0. The third-order valence-corrected chi connectivity index (χ3v) is 6.34. The Kier molecular flexibility index (Phi) is 7.30. The van der Waals surface area contributed by atoms with Crippen LogP contribution in [0, 0.1) is 0 Å². The summed E-state index contributed by atoms with van der Waals surface area (Å²) in [6.45, 7) is 4.75. The van der Waals surface area contributed by atoms with E-state index in [1.807, 2.05) is 36.4 Å². The Hall–Kier alpha value is -2.09. The van der Waals surface area contributed by atoms with E-state index in [0.29, 0.717) is 22.6 Å². The fourth-order valence-corrected chi connectivity index (χ4v) is 4.21. The number of carbonyl (C=O) groups is 1. The van der Waals surface area contributed by atoms with Crippen molar-refractivity contribution in [2.45, 2.75) is 30.6 Å². The van der Waals surface area contributed by atoms with Crippen LogP contribution in [0.1, 0.15) is 30.9 Å². The minimum absolute atomic E-state index is 0.0705. The smallest absolute Gasteiger partial charge is 0.230 e. The van der Waals surface area contributed by atoms with Crippen molar-refractivity contribution in [1.29, 1.82) is 0 Å². The van der Waals surface area contributed by atoms with Crippen molar-refractivity contribution >= 4 is 51.4 Å². The summed E-state index contributed by atoms with van der Waals surface area (Å²) in [5, 5.41) is 15.7. The van der Waals surface area contributed by atoms with Gasteiger partial charge in [0.25, 0.3) is 0 Å². The van der Waals surface area contributed by atoms with E-state index in [2.05, 4.69) is 46.8 Å². The molecule has 8 heteroatoms. The lowest BCUT2D eigenvalue weighted by Crippen LogP contribution is -2.24. The van der Waals surface area contributed by atoms with Gasteiger partial charge in [-0.2, -0.15) is 0 Å². The molecule has 3 rings (SSSR count). The molecule has 0 fully saturated rings. The molecule has 0 aliphatic rings. The van der Waals surface area contributed by atoms with Crippen molar-refractivity contribution in [2.24, 2.45) is 0 Å². The Morgan fingerprint density at radius 2 is 1.89 bits per heavy atom. The molecule has 1 amide bonds. The highest BCUT2D eigenvalue weighted by Crippen LogP contribution is 2.28. The van der Waals surface area contributed by atoms with Crippen molar-refractivity contribution in [3.63, 3.8) is 0 Å². The molecule has 2 aromatic carbocycles. The van der Waals surface area contributed by atoms with Crippen LogP contribution in [0.4, 0.5) is 10.8 Å². The Morgan fingerprint density at radius 1 is 1.14 bits per heavy atom. The van der Waals surface area contributed by atoms with Crippen LogP contribution < -0.4 is 10.6 Å². The number of rotatable bonds is 8. The quantitative estimate of drug-likeness (QED) is 0.462. The number of nitrogens with zero attached hydrogens (tertiary/aromatic N) is 2. The highest BCUT2D eigenvalue weighted by atomic mass is 35.5. The van der Waals surface area contributed by atoms with Crippen LogP contribution in [0.25, 0.3) is 0 Å². The monoisotopic (exact) mass is 432 g/mol. The normalized spacial score (nSPS) is 10.9. The van der Waals surface area contributed by atoms with E-state index in [-0.39, 0.29) is 11.7 Å². The van der Waals surface area contributed by atoms with Gasteiger partial charge in [-0.25, -0.2) is 0 Å². The summed E-state index contributed by atoms with van der Waals surface area (Å²) in [6, 6.07) is 15.7. The Bertz CT molecular complexity index is 928. The number of benzene rings is 2. The second-order valence-electron chi connectivity index (χ2n) is 6.43. The van der Waals surface area contributed by atoms with Gasteiger partial charge in [-0.3, -0.25) is 4.79 Å². The SMILES string of the molecule is CC(C)c1ccc(Nc2nnc(SCC(=O)NCc3ccccc3Cl)s2)cc1. The van der Waals surface area contributed by atoms with Crippen molar-refractivity contribution in [2.75, 3.05) is 11.1 Å². The van der Waals surface area contributed by atoms with Gasteiger partial charge in [-0.15, -0.1) is 10.2 Å². The summed E-state index contributed by atoms with van der Waals surface area (Å²) < 4.78 is 0.745. The highest BCUT2D eigenvalue weighted by molar-refractivity contribution is 8.01. The van der Waals surface area contributed by atoms with Crippen LogP contribution in [0.5, 0.6) is 0 Å². The predicted molar refractivity (Wildman–Crippen MR) is 118 cm³/mol. The summed E-state index contributed by atoms with van der Waals surface area (Å²) in [5.41, 5.74) is 3.16. The number of halogens is 1. The molecule has 0 saturated heterocycles.